The van der Waals surface area contributed by atoms with Crippen molar-refractivity contribution in [3.8, 4) is 0 Å². The molecule has 0 aliphatic heterocycles. The quantitative estimate of drug-likeness (QED) is 0.448. The third-order valence-corrected chi connectivity index (χ3v) is 7.05. The number of anilines is 1. The number of nitrogens with zero attached hydrogens (tertiary/aromatic N) is 2. The first-order chi connectivity index (χ1) is 13.6. The van der Waals surface area contributed by atoms with Gasteiger partial charge in [0.2, 0.25) is 11.0 Å². The topological polar surface area (TPSA) is 66.9 Å². The van der Waals surface area contributed by atoms with E-state index in [2.05, 4.69) is 64.3 Å². The minimum absolute atomic E-state index is 0.00922. The lowest BCUT2D eigenvalue weighted by molar-refractivity contribution is -0.119. The van der Waals surface area contributed by atoms with Crippen LogP contribution in [0.2, 0.25) is 0 Å². The van der Waals surface area contributed by atoms with Crippen molar-refractivity contribution >= 4 is 45.5 Å². The number of rotatable bonds is 10. The van der Waals surface area contributed by atoms with Crippen LogP contribution < -0.4 is 10.6 Å². The Morgan fingerprint density at radius 3 is 2.68 bits per heavy atom. The zero-order valence-electron chi connectivity index (χ0n) is 15.9. The van der Waals surface area contributed by atoms with Gasteiger partial charge in [0.25, 0.3) is 0 Å². The van der Waals surface area contributed by atoms with Gasteiger partial charge in [0.05, 0.1) is 11.8 Å². The maximum Gasteiger partial charge on any atom is 0.230 e. The van der Waals surface area contributed by atoms with Crippen LogP contribution in [0, 0.1) is 5.92 Å². The smallest absolute Gasteiger partial charge is 0.230 e. The molecule has 0 fully saturated rings. The molecule has 2 aromatic heterocycles. The van der Waals surface area contributed by atoms with Crippen molar-refractivity contribution in [2.75, 3.05) is 17.6 Å². The summed E-state index contributed by atoms with van der Waals surface area (Å²) in [6.45, 7) is 5.06. The second-order valence-electron chi connectivity index (χ2n) is 6.62. The molecule has 5 nitrogen and oxygen atoms in total. The molecule has 2 heterocycles. The maximum atomic E-state index is 12.4. The van der Waals surface area contributed by atoms with E-state index in [0.29, 0.717) is 11.7 Å². The Morgan fingerprint density at radius 2 is 1.96 bits per heavy atom. The van der Waals surface area contributed by atoms with Crippen molar-refractivity contribution in [1.29, 1.82) is 0 Å². The van der Waals surface area contributed by atoms with E-state index in [0.717, 1.165) is 28.0 Å². The standard InChI is InChI=1S/C20H24N4OS3/c1-14(2)18(15-7-4-3-5-8-15)22-17(25)13-27-20-24-23-19(28-20)21-11-10-16-9-6-12-26-16/h3-9,12,14,18H,10-11,13H2,1-2H3,(H,21,23)(H,22,25). The van der Waals surface area contributed by atoms with E-state index in [1.54, 1.807) is 11.3 Å². The van der Waals surface area contributed by atoms with Gasteiger partial charge in [-0.25, -0.2) is 0 Å². The molecule has 148 valence electrons. The van der Waals surface area contributed by atoms with E-state index in [1.807, 2.05) is 18.2 Å². The van der Waals surface area contributed by atoms with Gasteiger partial charge in [-0.1, -0.05) is 73.3 Å². The van der Waals surface area contributed by atoms with Crippen molar-refractivity contribution in [3.63, 3.8) is 0 Å². The van der Waals surface area contributed by atoms with Gasteiger partial charge in [-0.05, 0) is 29.3 Å². The van der Waals surface area contributed by atoms with Crippen molar-refractivity contribution in [3.05, 3.63) is 58.3 Å². The Labute approximate surface area is 178 Å². The predicted octanol–water partition coefficient (Wildman–Crippen LogP) is 4.86. The van der Waals surface area contributed by atoms with Crippen LogP contribution in [0.3, 0.4) is 0 Å². The number of carbonyl (C=O) groups is 1. The van der Waals surface area contributed by atoms with Crippen LogP contribution in [-0.2, 0) is 11.2 Å². The van der Waals surface area contributed by atoms with E-state index in [-0.39, 0.29) is 11.9 Å². The molecule has 8 heteroatoms. The monoisotopic (exact) mass is 432 g/mol. The molecule has 0 aliphatic carbocycles. The number of thiophene rings is 1. The Balaban J connectivity index is 1.44. The highest BCUT2D eigenvalue weighted by Crippen LogP contribution is 2.26. The van der Waals surface area contributed by atoms with Crippen LogP contribution in [-0.4, -0.2) is 28.4 Å². The van der Waals surface area contributed by atoms with Crippen molar-refractivity contribution in [2.45, 2.75) is 30.6 Å². The number of aromatic nitrogens is 2. The van der Waals surface area contributed by atoms with Crippen LogP contribution >= 0.6 is 34.4 Å². The molecule has 1 atom stereocenters. The fourth-order valence-corrected chi connectivity index (χ4v) is 5.02. The maximum absolute atomic E-state index is 12.4. The molecule has 1 aromatic carbocycles. The van der Waals surface area contributed by atoms with Gasteiger partial charge in [0.1, 0.15) is 0 Å². The molecule has 0 bridgehead atoms. The number of nitrogens with one attached hydrogen (secondary N) is 2. The van der Waals surface area contributed by atoms with E-state index >= 15 is 0 Å². The number of thioether (sulfide) groups is 1. The number of amides is 1. The summed E-state index contributed by atoms with van der Waals surface area (Å²) in [6.07, 6.45) is 0.970. The van der Waals surface area contributed by atoms with Crippen molar-refractivity contribution < 1.29 is 4.79 Å². The Hall–Kier alpha value is -1.90. The average Bonchev–Trinajstić information content (AvgIpc) is 3.37. The minimum Gasteiger partial charge on any atom is -0.360 e. The van der Waals surface area contributed by atoms with Crippen molar-refractivity contribution in [1.82, 2.24) is 15.5 Å². The highest BCUT2D eigenvalue weighted by molar-refractivity contribution is 8.01. The minimum atomic E-state index is 0.00922. The molecular weight excluding hydrogens is 408 g/mol. The second-order valence-corrected chi connectivity index (χ2v) is 9.85. The van der Waals surface area contributed by atoms with E-state index in [9.17, 15) is 4.79 Å². The fraction of sp³-hybridized carbons (Fsp3) is 0.350. The Kier molecular flexibility index (Phi) is 7.88. The summed E-state index contributed by atoms with van der Waals surface area (Å²) < 4.78 is 0.801. The molecule has 3 aromatic rings. The molecule has 0 radical (unpaired) electrons. The summed E-state index contributed by atoms with van der Waals surface area (Å²) in [6, 6.07) is 14.3. The van der Waals surface area contributed by atoms with E-state index < -0.39 is 0 Å². The first kappa shape index (κ1) is 20.8. The molecule has 0 aliphatic rings. The van der Waals surface area contributed by atoms with Gasteiger partial charge in [0.15, 0.2) is 4.34 Å². The lowest BCUT2D eigenvalue weighted by Gasteiger charge is -2.22. The summed E-state index contributed by atoms with van der Waals surface area (Å²) in [5.41, 5.74) is 1.13. The average molecular weight is 433 g/mol. The van der Waals surface area contributed by atoms with Crippen molar-refractivity contribution in [2.24, 2.45) is 5.92 Å². The van der Waals surface area contributed by atoms with Crippen LogP contribution in [0.1, 0.15) is 30.3 Å². The van der Waals surface area contributed by atoms with Gasteiger partial charge in [0, 0.05) is 11.4 Å². The highest BCUT2D eigenvalue weighted by atomic mass is 32.2. The SMILES string of the molecule is CC(C)C(NC(=O)CSc1nnc(NCCc2cccs2)s1)c1ccccc1. The summed E-state index contributed by atoms with van der Waals surface area (Å²) in [7, 11) is 0. The Morgan fingerprint density at radius 1 is 1.14 bits per heavy atom. The summed E-state index contributed by atoms with van der Waals surface area (Å²) in [5.74, 6) is 0.659. The molecule has 1 amide bonds. The van der Waals surface area contributed by atoms with E-state index in [1.165, 1.54) is 28.0 Å². The van der Waals surface area contributed by atoms with Gasteiger partial charge in [-0.3, -0.25) is 4.79 Å². The van der Waals surface area contributed by atoms with Gasteiger partial charge < -0.3 is 10.6 Å². The van der Waals surface area contributed by atoms with Crippen LogP contribution in [0.15, 0.2) is 52.2 Å². The summed E-state index contributed by atoms with van der Waals surface area (Å²) in [5, 5.41) is 17.6. The fourth-order valence-electron chi connectivity index (χ4n) is 2.72. The van der Waals surface area contributed by atoms with Gasteiger partial charge >= 0.3 is 0 Å². The molecule has 1 unspecified atom stereocenters. The van der Waals surface area contributed by atoms with Crippen LogP contribution in [0.5, 0.6) is 0 Å². The molecule has 2 N–H and O–H groups in total. The largest absolute Gasteiger partial charge is 0.360 e. The third kappa shape index (κ3) is 6.32. The summed E-state index contributed by atoms with van der Waals surface area (Å²) >= 11 is 4.67. The Bertz CT molecular complexity index is 849. The molecule has 28 heavy (non-hydrogen) atoms. The normalized spacial score (nSPS) is 12.1. The molecule has 0 spiro atoms. The van der Waals surface area contributed by atoms with E-state index in [4.69, 9.17) is 0 Å². The van der Waals surface area contributed by atoms with Gasteiger partial charge in [-0.2, -0.15) is 0 Å². The number of hydrogen-bond acceptors (Lipinski definition) is 7. The second kappa shape index (κ2) is 10.6. The van der Waals surface area contributed by atoms with Crippen LogP contribution in [0.4, 0.5) is 5.13 Å². The predicted molar refractivity (Wildman–Crippen MR) is 119 cm³/mol. The zero-order chi connectivity index (χ0) is 19.8. The third-order valence-electron chi connectivity index (χ3n) is 4.10. The van der Waals surface area contributed by atoms with Gasteiger partial charge in [-0.15, -0.1) is 21.5 Å². The number of hydrogen-bond donors (Lipinski definition) is 2. The first-order valence-electron chi connectivity index (χ1n) is 9.18. The lowest BCUT2D eigenvalue weighted by Crippen LogP contribution is -2.32. The molecule has 3 rings (SSSR count). The number of carbonyl (C=O) groups excluding carboxylic acids is 1. The molecule has 0 saturated carbocycles. The molecule has 0 saturated heterocycles. The highest BCUT2D eigenvalue weighted by Gasteiger charge is 2.18. The first-order valence-corrected chi connectivity index (χ1v) is 11.9. The zero-order valence-corrected chi connectivity index (χ0v) is 18.4. The lowest BCUT2D eigenvalue weighted by atomic mass is 9.96. The van der Waals surface area contributed by atoms with Crippen LogP contribution in [0.25, 0.3) is 0 Å². The number of benzene rings is 1. The summed E-state index contributed by atoms with van der Waals surface area (Å²) in [4.78, 5) is 13.8. The molecular formula is C20H24N4OS3.